The van der Waals surface area contributed by atoms with Gasteiger partial charge >= 0.3 is 0 Å². The highest BCUT2D eigenvalue weighted by Gasteiger charge is 2.05. The molecule has 0 aliphatic heterocycles. The predicted octanol–water partition coefficient (Wildman–Crippen LogP) is 2.97. The van der Waals surface area contributed by atoms with Crippen LogP contribution in [0.15, 0.2) is 18.2 Å². The zero-order chi connectivity index (χ0) is 9.42. The van der Waals surface area contributed by atoms with E-state index in [4.69, 9.17) is 23.2 Å². The molecule has 0 atom stereocenters. The van der Waals surface area contributed by atoms with Gasteiger partial charge in [-0.3, -0.25) is 0 Å². The summed E-state index contributed by atoms with van der Waals surface area (Å²) in [5.74, 6) is 1.28. The van der Waals surface area contributed by atoms with Crippen molar-refractivity contribution in [3.63, 3.8) is 0 Å². The summed E-state index contributed by atoms with van der Waals surface area (Å²) in [4.78, 5) is 4.34. The Bertz CT molecular complexity index is 448. The summed E-state index contributed by atoms with van der Waals surface area (Å²) in [7, 11) is 1.95. The summed E-state index contributed by atoms with van der Waals surface area (Å²) >= 11 is 11.6. The number of fused-ring (bicyclic) bond motifs is 1. The fraction of sp³-hybridized carbons (Fsp3) is 0.222. The number of alkyl halides is 1. The zero-order valence-electron chi connectivity index (χ0n) is 7.09. The summed E-state index contributed by atoms with van der Waals surface area (Å²) in [5.41, 5.74) is 1.95. The van der Waals surface area contributed by atoms with Crippen LogP contribution in [-0.4, -0.2) is 9.55 Å². The summed E-state index contributed by atoms with van der Waals surface area (Å²) in [6, 6.07) is 5.64. The Hall–Kier alpha value is -0.730. The highest BCUT2D eigenvalue weighted by Crippen LogP contribution is 2.19. The van der Waals surface area contributed by atoms with Gasteiger partial charge < -0.3 is 4.57 Å². The number of halogens is 2. The number of imidazole rings is 1. The maximum Gasteiger partial charge on any atom is 0.124 e. The van der Waals surface area contributed by atoms with E-state index >= 15 is 0 Å². The molecule has 0 radical (unpaired) electrons. The molecule has 0 saturated heterocycles. The second-order valence-corrected chi connectivity index (χ2v) is 3.56. The Morgan fingerprint density at radius 1 is 1.46 bits per heavy atom. The third-order valence-electron chi connectivity index (χ3n) is 2.06. The van der Waals surface area contributed by atoms with Gasteiger partial charge in [-0.15, -0.1) is 11.6 Å². The lowest BCUT2D eigenvalue weighted by atomic mass is 10.3. The van der Waals surface area contributed by atoms with E-state index in [1.165, 1.54) is 0 Å². The van der Waals surface area contributed by atoms with E-state index in [1.807, 2.05) is 29.8 Å². The van der Waals surface area contributed by atoms with Gasteiger partial charge in [-0.25, -0.2) is 4.98 Å². The summed E-state index contributed by atoms with van der Waals surface area (Å²) in [6.07, 6.45) is 0. The fourth-order valence-electron chi connectivity index (χ4n) is 1.34. The number of aromatic nitrogens is 2. The van der Waals surface area contributed by atoms with Crippen molar-refractivity contribution in [2.45, 2.75) is 5.88 Å². The molecule has 0 N–H and O–H groups in total. The van der Waals surface area contributed by atoms with Crippen molar-refractivity contribution in [1.29, 1.82) is 0 Å². The molecule has 0 fully saturated rings. The molecule has 0 aliphatic carbocycles. The van der Waals surface area contributed by atoms with Crippen LogP contribution in [0.3, 0.4) is 0 Å². The van der Waals surface area contributed by atoms with Crippen LogP contribution in [-0.2, 0) is 12.9 Å². The maximum absolute atomic E-state index is 5.84. The van der Waals surface area contributed by atoms with E-state index in [9.17, 15) is 0 Å². The van der Waals surface area contributed by atoms with E-state index in [2.05, 4.69) is 4.98 Å². The van der Waals surface area contributed by atoms with Crippen molar-refractivity contribution >= 4 is 34.2 Å². The number of nitrogens with zero attached hydrogens (tertiary/aromatic N) is 2. The van der Waals surface area contributed by atoms with Crippen LogP contribution < -0.4 is 0 Å². The number of aryl methyl sites for hydroxylation is 1. The first-order valence-corrected chi connectivity index (χ1v) is 4.80. The van der Waals surface area contributed by atoms with E-state index in [1.54, 1.807) is 0 Å². The molecule has 0 saturated carbocycles. The molecule has 13 heavy (non-hydrogen) atoms. The molecular formula is C9H8Cl2N2. The SMILES string of the molecule is Cn1c(CCl)nc2cc(Cl)ccc21. The van der Waals surface area contributed by atoms with Gasteiger partial charge in [-0.05, 0) is 18.2 Å². The van der Waals surface area contributed by atoms with Gasteiger partial charge in [0, 0.05) is 12.1 Å². The molecule has 2 nitrogen and oxygen atoms in total. The normalized spacial score (nSPS) is 11.0. The Labute approximate surface area is 86.1 Å². The van der Waals surface area contributed by atoms with Crippen molar-refractivity contribution in [3.05, 3.63) is 29.0 Å². The minimum atomic E-state index is 0.419. The maximum atomic E-state index is 5.84. The van der Waals surface area contributed by atoms with Crippen molar-refractivity contribution in [3.8, 4) is 0 Å². The standard InChI is InChI=1S/C9H8Cl2N2/c1-13-8-3-2-6(11)4-7(8)12-9(13)5-10/h2-4H,5H2,1H3. The number of benzene rings is 1. The van der Waals surface area contributed by atoms with E-state index in [0.717, 1.165) is 16.9 Å². The molecule has 1 heterocycles. The molecule has 4 heteroatoms. The molecule has 2 aromatic rings. The lowest BCUT2D eigenvalue weighted by molar-refractivity contribution is 0.874. The van der Waals surface area contributed by atoms with Crippen LogP contribution >= 0.6 is 23.2 Å². The van der Waals surface area contributed by atoms with Crippen molar-refractivity contribution in [2.75, 3.05) is 0 Å². The third kappa shape index (κ3) is 1.40. The van der Waals surface area contributed by atoms with E-state index in [-0.39, 0.29) is 0 Å². The summed E-state index contributed by atoms with van der Waals surface area (Å²) in [6.45, 7) is 0. The molecule has 68 valence electrons. The topological polar surface area (TPSA) is 17.8 Å². The van der Waals surface area contributed by atoms with Gasteiger partial charge in [0.05, 0.1) is 16.9 Å². The Balaban J connectivity index is 2.76. The van der Waals surface area contributed by atoms with Gasteiger partial charge in [0.15, 0.2) is 0 Å². The monoisotopic (exact) mass is 214 g/mol. The molecule has 0 spiro atoms. The Kier molecular flexibility index (Phi) is 2.18. The average Bonchev–Trinajstić information content (AvgIpc) is 2.42. The fourth-order valence-corrected chi connectivity index (χ4v) is 1.75. The lowest BCUT2D eigenvalue weighted by Gasteiger charge is -1.96. The number of rotatable bonds is 1. The third-order valence-corrected chi connectivity index (χ3v) is 2.53. The first kappa shape index (κ1) is 8.85. The van der Waals surface area contributed by atoms with Gasteiger partial charge in [0.2, 0.25) is 0 Å². The first-order chi connectivity index (χ1) is 6.22. The minimum Gasteiger partial charge on any atom is -0.330 e. The Morgan fingerprint density at radius 3 is 2.92 bits per heavy atom. The number of hydrogen-bond donors (Lipinski definition) is 0. The molecular weight excluding hydrogens is 207 g/mol. The molecule has 0 amide bonds. The second kappa shape index (κ2) is 3.20. The Morgan fingerprint density at radius 2 is 2.23 bits per heavy atom. The van der Waals surface area contributed by atoms with Gasteiger partial charge in [-0.1, -0.05) is 11.6 Å². The molecule has 1 aromatic heterocycles. The van der Waals surface area contributed by atoms with Crippen molar-refractivity contribution in [1.82, 2.24) is 9.55 Å². The summed E-state index contributed by atoms with van der Waals surface area (Å²) in [5, 5.41) is 0.701. The van der Waals surface area contributed by atoms with Crippen LogP contribution in [0.25, 0.3) is 11.0 Å². The van der Waals surface area contributed by atoms with Crippen LogP contribution in [0, 0.1) is 0 Å². The molecule has 0 aliphatic rings. The van der Waals surface area contributed by atoms with Crippen LogP contribution in [0.4, 0.5) is 0 Å². The largest absolute Gasteiger partial charge is 0.330 e. The van der Waals surface area contributed by atoms with Gasteiger partial charge in [0.1, 0.15) is 5.82 Å². The van der Waals surface area contributed by atoms with E-state index in [0.29, 0.717) is 10.9 Å². The van der Waals surface area contributed by atoms with Gasteiger partial charge in [-0.2, -0.15) is 0 Å². The smallest absolute Gasteiger partial charge is 0.124 e. The van der Waals surface area contributed by atoms with Crippen molar-refractivity contribution in [2.24, 2.45) is 7.05 Å². The molecule has 0 unspecified atom stereocenters. The highest BCUT2D eigenvalue weighted by molar-refractivity contribution is 6.31. The number of hydrogen-bond acceptors (Lipinski definition) is 1. The van der Waals surface area contributed by atoms with Crippen LogP contribution in [0.2, 0.25) is 5.02 Å². The molecule has 0 bridgehead atoms. The predicted molar refractivity (Wildman–Crippen MR) is 55.3 cm³/mol. The second-order valence-electron chi connectivity index (χ2n) is 2.85. The molecule has 2 rings (SSSR count). The van der Waals surface area contributed by atoms with Crippen molar-refractivity contribution < 1.29 is 0 Å². The lowest BCUT2D eigenvalue weighted by Crippen LogP contribution is -1.93. The van der Waals surface area contributed by atoms with Crippen LogP contribution in [0.5, 0.6) is 0 Å². The summed E-state index contributed by atoms with van der Waals surface area (Å²) < 4.78 is 1.97. The average molecular weight is 215 g/mol. The quantitative estimate of drug-likeness (QED) is 0.668. The highest BCUT2D eigenvalue weighted by atomic mass is 35.5. The molecule has 1 aromatic carbocycles. The minimum absolute atomic E-state index is 0.419. The zero-order valence-corrected chi connectivity index (χ0v) is 8.60. The van der Waals surface area contributed by atoms with E-state index < -0.39 is 0 Å². The van der Waals surface area contributed by atoms with Crippen LogP contribution in [0.1, 0.15) is 5.82 Å². The van der Waals surface area contributed by atoms with Gasteiger partial charge in [0.25, 0.3) is 0 Å². The first-order valence-electron chi connectivity index (χ1n) is 3.89.